The number of fused-ring (bicyclic) bond motifs is 1. The average molecular weight is 361 g/mol. The van der Waals surface area contributed by atoms with Crippen LogP contribution < -0.4 is 10.6 Å². The van der Waals surface area contributed by atoms with E-state index in [1.54, 1.807) is 4.90 Å². The molecule has 0 bridgehead atoms. The number of carboxylic acids is 1. The summed E-state index contributed by atoms with van der Waals surface area (Å²) in [6, 6.07) is 6.95. The van der Waals surface area contributed by atoms with Gasteiger partial charge >= 0.3 is 12.0 Å². The molecule has 1 aliphatic heterocycles. The van der Waals surface area contributed by atoms with Gasteiger partial charge in [-0.3, -0.25) is 4.79 Å². The number of carbonyl (C=O) groups excluding carboxylic acids is 2. The topological polar surface area (TPSA) is 98.7 Å². The predicted molar refractivity (Wildman–Crippen MR) is 97.6 cm³/mol. The second-order valence-corrected chi connectivity index (χ2v) is 7.01. The number of rotatable bonds is 7. The van der Waals surface area contributed by atoms with Gasteiger partial charge in [0.05, 0.1) is 0 Å². The van der Waals surface area contributed by atoms with Crippen molar-refractivity contribution in [1.29, 1.82) is 0 Å². The van der Waals surface area contributed by atoms with Crippen molar-refractivity contribution in [3.63, 3.8) is 0 Å². The number of carboxylic acid groups (broad SMARTS) is 1. The molecular formula is C19H27N3O4. The Hall–Kier alpha value is -2.57. The zero-order valence-electron chi connectivity index (χ0n) is 15.3. The van der Waals surface area contributed by atoms with E-state index in [1.165, 1.54) is 5.56 Å². The van der Waals surface area contributed by atoms with Gasteiger partial charge in [0.15, 0.2) is 0 Å². The number of carbonyl (C=O) groups is 3. The minimum absolute atomic E-state index is 0.0536. The van der Waals surface area contributed by atoms with Crippen LogP contribution in [0.25, 0.3) is 0 Å². The summed E-state index contributed by atoms with van der Waals surface area (Å²) in [5.41, 5.74) is 2.41. The molecule has 1 aliphatic rings. The van der Waals surface area contributed by atoms with E-state index in [4.69, 9.17) is 5.11 Å². The van der Waals surface area contributed by atoms with Crippen LogP contribution in [-0.2, 0) is 22.6 Å². The molecule has 0 spiro atoms. The van der Waals surface area contributed by atoms with Crippen LogP contribution >= 0.6 is 0 Å². The Bertz CT molecular complexity index is 660. The molecule has 1 aromatic carbocycles. The van der Waals surface area contributed by atoms with Crippen molar-refractivity contribution in [3.8, 4) is 0 Å². The Kier molecular flexibility index (Phi) is 7.00. The summed E-state index contributed by atoms with van der Waals surface area (Å²) in [6.45, 7) is 5.18. The van der Waals surface area contributed by atoms with Gasteiger partial charge in [-0.15, -0.1) is 0 Å². The highest BCUT2D eigenvalue weighted by Crippen LogP contribution is 2.18. The smallest absolute Gasteiger partial charge is 0.326 e. The third-order valence-electron chi connectivity index (χ3n) is 4.39. The lowest BCUT2D eigenvalue weighted by atomic mass is 10.0. The highest BCUT2D eigenvalue weighted by molar-refractivity contribution is 5.84. The summed E-state index contributed by atoms with van der Waals surface area (Å²) in [7, 11) is 0. The molecule has 7 nitrogen and oxygen atoms in total. The SMILES string of the molecule is CC(C)C[C@@H](NC(=O)CCNC(=O)N1CCc2ccccc2C1)C(=O)O. The van der Waals surface area contributed by atoms with E-state index in [0.717, 1.165) is 12.0 Å². The van der Waals surface area contributed by atoms with Crippen LogP contribution in [-0.4, -0.2) is 47.0 Å². The van der Waals surface area contributed by atoms with Crippen molar-refractivity contribution in [1.82, 2.24) is 15.5 Å². The number of amides is 3. The molecule has 0 radical (unpaired) electrons. The van der Waals surface area contributed by atoms with Gasteiger partial charge in [-0.1, -0.05) is 38.1 Å². The van der Waals surface area contributed by atoms with E-state index in [-0.39, 0.29) is 30.8 Å². The van der Waals surface area contributed by atoms with Gasteiger partial charge in [-0.05, 0) is 29.9 Å². The number of hydrogen-bond donors (Lipinski definition) is 3. The molecule has 0 saturated carbocycles. The van der Waals surface area contributed by atoms with E-state index in [2.05, 4.69) is 16.7 Å². The van der Waals surface area contributed by atoms with Crippen molar-refractivity contribution in [2.75, 3.05) is 13.1 Å². The Labute approximate surface area is 153 Å². The molecule has 142 valence electrons. The maximum absolute atomic E-state index is 12.3. The molecule has 1 aromatic rings. The molecule has 0 fully saturated rings. The molecule has 3 amide bonds. The maximum atomic E-state index is 12.3. The fourth-order valence-corrected chi connectivity index (χ4v) is 3.02. The number of urea groups is 1. The van der Waals surface area contributed by atoms with Gasteiger partial charge < -0.3 is 20.6 Å². The summed E-state index contributed by atoms with van der Waals surface area (Å²) in [6.07, 6.45) is 1.25. The van der Waals surface area contributed by atoms with E-state index in [1.807, 2.05) is 32.0 Å². The Balaban J connectivity index is 1.74. The van der Waals surface area contributed by atoms with Gasteiger partial charge in [0, 0.05) is 26.1 Å². The fraction of sp³-hybridized carbons (Fsp3) is 0.526. The van der Waals surface area contributed by atoms with E-state index in [0.29, 0.717) is 19.5 Å². The van der Waals surface area contributed by atoms with E-state index in [9.17, 15) is 14.4 Å². The molecular weight excluding hydrogens is 334 g/mol. The quantitative estimate of drug-likeness (QED) is 0.689. The number of nitrogens with one attached hydrogen (secondary N) is 2. The second kappa shape index (κ2) is 9.22. The van der Waals surface area contributed by atoms with Crippen LogP contribution in [0.5, 0.6) is 0 Å². The largest absolute Gasteiger partial charge is 0.480 e. The second-order valence-electron chi connectivity index (χ2n) is 7.01. The number of hydrogen-bond acceptors (Lipinski definition) is 3. The minimum atomic E-state index is -1.04. The molecule has 26 heavy (non-hydrogen) atoms. The van der Waals surface area contributed by atoms with E-state index < -0.39 is 12.0 Å². The molecule has 1 heterocycles. The van der Waals surface area contributed by atoms with Crippen molar-refractivity contribution in [3.05, 3.63) is 35.4 Å². The fourth-order valence-electron chi connectivity index (χ4n) is 3.02. The summed E-state index contributed by atoms with van der Waals surface area (Å²) in [5, 5.41) is 14.4. The first kappa shape index (κ1) is 19.8. The van der Waals surface area contributed by atoms with Crippen molar-refractivity contribution in [2.45, 2.75) is 45.7 Å². The molecule has 7 heteroatoms. The van der Waals surface area contributed by atoms with Crippen molar-refractivity contribution >= 4 is 17.9 Å². The molecule has 0 aliphatic carbocycles. The lowest BCUT2D eigenvalue weighted by Gasteiger charge is -2.29. The molecule has 0 unspecified atom stereocenters. The number of nitrogens with zero attached hydrogens (tertiary/aromatic N) is 1. The zero-order chi connectivity index (χ0) is 19.1. The lowest BCUT2D eigenvalue weighted by Crippen LogP contribution is -2.45. The highest BCUT2D eigenvalue weighted by atomic mass is 16.4. The standard InChI is InChI=1S/C19H27N3O4/c1-13(2)11-16(18(24)25)21-17(23)7-9-20-19(26)22-10-8-14-5-3-4-6-15(14)12-22/h3-6,13,16H,7-12H2,1-2H3,(H,20,26)(H,21,23)(H,24,25)/t16-/m1/s1. The average Bonchev–Trinajstić information content (AvgIpc) is 2.60. The normalized spacial score (nSPS) is 14.5. The summed E-state index contributed by atoms with van der Waals surface area (Å²) < 4.78 is 0. The summed E-state index contributed by atoms with van der Waals surface area (Å²) in [4.78, 5) is 37.1. The predicted octanol–water partition coefficient (Wildman–Crippen LogP) is 1.76. The highest BCUT2D eigenvalue weighted by Gasteiger charge is 2.22. The van der Waals surface area contributed by atoms with Gasteiger partial charge in [0.2, 0.25) is 5.91 Å². The third-order valence-corrected chi connectivity index (χ3v) is 4.39. The van der Waals surface area contributed by atoms with Crippen LogP contribution in [0.4, 0.5) is 4.79 Å². The van der Waals surface area contributed by atoms with Gasteiger partial charge in [0.25, 0.3) is 0 Å². The number of aliphatic carboxylic acids is 1. The maximum Gasteiger partial charge on any atom is 0.326 e. The van der Waals surface area contributed by atoms with Crippen LogP contribution in [0.15, 0.2) is 24.3 Å². The molecule has 3 N–H and O–H groups in total. The monoisotopic (exact) mass is 361 g/mol. The van der Waals surface area contributed by atoms with Crippen LogP contribution in [0.3, 0.4) is 0 Å². The van der Waals surface area contributed by atoms with Gasteiger partial charge in [-0.25, -0.2) is 9.59 Å². The molecule has 1 atom stereocenters. The minimum Gasteiger partial charge on any atom is -0.480 e. The molecule has 0 aromatic heterocycles. The summed E-state index contributed by atoms with van der Waals surface area (Å²) >= 11 is 0. The van der Waals surface area contributed by atoms with Crippen molar-refractivity contribution in [2.24, 2.45) is 5.92 Å². The van der Waals surface area contributed by atoms with Crippen LogP contribution in [0.2, 0.25) is 0 Å². The first-order valence-corrected chi connectivity index (χ1v) is 8.98. The zero-order valence-corrected chi connectivity index (χ0v) is 15.3. The lowest BCUT2D eigenvalue weighted by molar-refractivity contribution is -0.142. The van der Waals surface area contributed by atoms with Crippen LogP contribution in [0.1, 0.15) is 37.8 Å². The first-order valence-electron chi connectivity index (χ1n) is 8.98. The number of benzene rings is 1. The molecule has 0 saturated heterocycles. The van der Waals surface area contributed by atoms with E-state index >= 15 is 0 Å². The summed E-state index contributed by atoms with van der Waals surface area (Å²) in [5.74, 6) is -1.25. The van der Waals surface area contributed by atoms with Crippen molar-refractivity contribution < 1.29 is 19.5 Å². The Morgan fingerprint density at radius 3 is 2.54 bits per heavy atom. The van der Waals surface area contributed by atoms with Gasteiger partial charge in [0.1, 0.15) is 6.04 Å². The molecule has 2 rings (SSSR count). The first-order chi connectivity index (χ1) is 12.4. The van der Waals surface area contributed by atoms with Crippen LogP contribution in [0, 0.1) is 5.92 Å². The Morgan fingerprint density at radius 1 is 1.19 bits per heavy atom. The third kappa shape index (κ3) is 5.75. The van der Waals surface area contributed by atoms with Gasteiger partial charge in [-0.2, -0.15) is 0 Å². The Morgan fingerprint density at radius 2 is 1.88 bits per heavy atom.